The number of ether oxygens (including phenoxy) is 1. The number of carbonyl (C=O) groups is 2. The summed E-state index contributed by atoms with van der Waals surface area (Å²) in [7, 11) is 0. The number of thioether (sulfide) groups is 1. The molecule has 1 heterocycles. The Balaban J connectivity index is 1.67. The highest BCUT2D eigenvalue weighted by Gasteiger charge is 2.22. The van der Waals surface area contributed by atoms with Gasteiger partial charge >= 0.3 is 0 Å². The predicted octanol–water partition coefficient (Wildman–Crippen LogP) is 2.01. The summed E-state index contributed by atoms with van der Waals surface area (Å²) < 4.78 is 5.62. The predicted molar refractivity (Wildman–Crippen MR) is 92.7 cm³/mol. The fraction of sp³-hybridized carbons (Fsp3) is 0.529. The van der Waals surface area contributed by atoms with Crippen LogP contribution in [-0.2, 0) is 15.0 Å². The fourth-order valence-corrected chi connectivity index (χ4v) is 3.08. The molecule has 5 nitrogen and oxygen atoms in total. The van der Waals surface area contributed by atoms with Gasteiger partial charge in [-0.15, -0.1) is 11.8 Å². The molecule has 0 saturated carbocycles. The molecule has 0 radical (unpaired) electrons. The van der Waals surface area contributed by atoms with E-state index in [0.717, 1.165) is 5.75 Å². The molecule has 1 aliphatic heterocycles. The number of amides is 2. The van der Waals surface area contributed by atoms with E-state index in [9.17, 15) is 9.59 Å². The van der Waals surface area contributed by atoms with Crippen molar-refractivity contribution in [2.45, 2.75) is 26.2 Å². The molecule has 1 saturated heterocycles. The molecule has 0 unspecified atom stereocenters. The van der Waals surface area contributed by atoms with Gasteiger partial charge in [0, 0.05) is 0 Å². The topological polar surface area (TPSA) is 58.6 Å². The molecule has 0 aromatic heterocycles. The fourth-order valence-electron chi connectivity index (χ4n) is 2.18. The van der Waals surface area contributed by atoms with Crippen molar-refractivity contribution in [2.75, 3.05) is 31.3 Å². The lowest BCUT2D eigenvalue weighted by Crippen LogP contribution is -2.39. The number of carbonyl (C=O) groups excluding carboxylic acids is 2. The Morgan fingerprint density at radius 3 is 2.57 bits per heavy atom. The summed E-state index contributed by atoms with van der Waals surface area (Å²) in [5, 5.41) is 2.77. The molecule has 6 heteroatoms. The van der Waals surface area contributed by atoms with Crippen molar-refractivity contribution in [1.29, 1.82) is 0 Å². The number of rotatable bonds is 6. The van der Waals surface area contributed by atoms with Crippen LogP contribution in [0.5, 0.6) is 5.75 Å². The summed E-state index contributed by atoms with van der Waals surface area (Å²) in [6.07, 6.45) is 0. The molecule has 126 valence electrons. The van der Waals surface area contributed by atoms with Gasteiger partial charge in [0.2, 0.25) is 11.8 Å². The molecule has 1 aromatic carbocycles. The Kier molecular flexibility index (Phi) is 5.93. The zero-order valence-corrected chi connectivity index (χ0v) is 14.7. The summed E-state index contributed by atoms with van der Waals surface area (Å²) in [5.41, 5.74) is 1.38. The van der Waals surface area contributed by atoms with Crippen molar-refractivity contribution >= 4 is 23.6 Å². The van der Waals surface area contributed by atoms with Crippen molar-refractivity contribution in [2.24, 2.45) is 0 Å². The lowest BCUT2D eigenvalue weighted by Gasteiger charge is -2.19. The molecular weight excluding hydrogens is 312 g/mol. The smallest absolute Gasteiger partial charge is 0.239 e. The number of hydrogen-bond donors (Lipinski definition) is 1. The van der Waals surface area contributed by atoms with Crippen molar-refractivity contribution in [3.8, 4) is 5.75 Å². The van der Waals surface area contributed by atoms with Gasteiger partial charge in [0.05, 0.1) is 18.2 Å². The highest BCUT2D eigenvalue weighted by molar-refractivity contribution is 8.00. The van der Waals surface area contributed by atoms with Crippen LogP contribution in [0.3, 0.4) is 0 Å². The molecule has 2 amide bonds. The largest absolute Gasteiger partial charge is 0.492 e. The molecule has 23 heavy (non-hydrogen) atoms. The number of benzene rings is 1. The van der Waals surface area contributed by atoms with Crippen LogP contribution >= 0.6 is 11.8 Å². The van der Waals surface area contributed by atoms with E-state index in [0.29, 0.717) is 24.8 Å². The Labute approximate surface area is 141 Å². The van der Waals surface area contributed by atoms with Crippen LogP contribution in [0, 0.1) is 0 Å². The third kappa shape index (κ3) is 5.46. The number of hydrogen-bond acceptors (Lipinski definition) is 4. The Bertz CT molecular complexity index is 552. The molecule has 0 spiro atoms. The van der Waals surface area contributed by atoms with E-state index in [1.807, 2.05) is 12.1 Å². The van der Waals surface area contributed by atoms with Crippen molar-refractivity contribution in [3.63, 3.8) is 0 Å². The number of nitrogens with zero attached hydrogens (tertiary/aromatic N) is 1. The average molecular weight is 336 g/mol. The first-order valence-corrected chi connectivity index (χ1v) is 8.87. The van der Waals surface area contributed by atoms with E-state index in [-0.39, 0.29) is 23.8 Å². The standard InChI is InChI=1S/C17H24N2O3S/c1-17(2,3)13-4-6-14(7-5-13)22-9-8-18-15(20)10-19-12-23-11-16(19)21/h4-7H,8-12H2,1-3H3,(H,18,20). The van der Waals surface area contributed by atoms with Gasteiger partial charge in [0.25, 0.3) is 0 Å². The highest BCUT2D eigenvalue weighted by atomic mass is 32.2. The van der Waals surface area contributed by atoms with Crippen LogP contribution in [0.15, 0.2) is 24.3 Å². The molecule has 1 fully saturated rings. The van der Waals surface area contributed by atoms with Crippen LogP contribution in [0.1, 0.15) is 26.3 Å². The van der Waals surface area contributed by atoms with Gasteiger partial charge in [-0.3, -0.25) is 9.59 Å². The second kappa shape index (κ2) is 7.73. The lowest BCUT2D eigenvalue weighted by atomic mass is 9.87. The Morgan fingerprint density at radius 2 is 2.00 bits per heavy atom. The van der Waals surface area contributed by atoms with E-state index in [2.05, 4.69) is 38.2 Å². The van der Waals surface area contributed by atoms with Gasteiger partial charge in [0.1, 0.15) is 18.9 Å². The zero-order valence-electron chi connectivity index (χ0n) is 13.9. The van der Waals surface area contributed by atoms with Crippen molar-refractivity contribution < 1.29 is 14.3 Å². The van der Waals surface area contributed by atoms with Crippen LogP contribution in [0.2, 0.25) is 0 Å². The van der Waals surface area contributed by atoms with Gasteiger partial charge in [-0.05, 0) is 23.1 Å². The van der Waals surface area contributed by atoms with Crippen molar-refractivity contribution in [1.82, 2.24) is 10.2 Å². The Hall–Kier alpha value is -1.69. The minimum Gasteiger partial charge on any atom is -0.492 e. The maximum Gasteiger partial charge on any atom is 0.239 e. The normalized spacial score (nSPS) is 14.9. The summed E-state index contributed by atoms with van der Waals surface area (Å²) in [4.78, 5) is 24.7. The maximum absolute atomic E-state index is 11.7. The van der Waals surface area contributed by atoms with Gasteiger partial charge < -0.3 is 15.0 Å². The van der Waals surface area contributed by atoms with Gasteiger partial charge in [-0.1, -0.05) is 32.9 Å². The number of nitrogens with one attached hydrogen (secondary N) is 1. The van der Waals surface area contributed by atoms with E-state index >= 15 is 0 Å². The second-order valence-corrected chi connectivity index (χ2v) is 7.50. The molecule has 0 atom stereocenters. The SMILES string of the molecule is CC(C)(C)c1ccc(OCCNC(=O)CN2CSCC2=O)cc1. The summed E-state index contributed by atoms with van der Waals surface area (Å²) in [6.45, 7) is 7.47. The van der Waals surface area contributed by atoms with Crippen LogP contribution in [0.25, 0.3) is 0 Å². The maximum atomic E-state index is 11.7. The summed E-state index contributed by atoms with van der Waals surface area (Å²) in [5.74, 6) is 1.75. The monoisotopic (exact) mass is 336 g/mol. The van der Waals surface area contributed by atoms with E-state index in [1.54, 1.807) is 4.90 Å². The van der Waals surface area contributed by atoms with Gasteiger partial charge in [-0.25, -0.2) is 0 Å². The van der Waals surface area contributed by atoms with Crippen molar-refractivity contribution in [3.05, 3.63) is 29.8 Å². The van der Waals surface area contributed by atoms with Crippen LogP contribution in [0.4, 0.5) is 0 Å². The first-order chi connectivity index (χ1) is 10.9. The molecule has 0 bridgehead atoms. The summed E-state index contributed by atoms with van der Waals surface area (Å²) >= 11 is 1.53. The van der Waals surface area contributed by atoms with E-state index in [4.69, 9.17) is 4.74 Å². The highest BCUT2D eigenvalue weighted by Crippen LogP contribution is 2.24. The molecule has 1 aliphatic rings. The van der Waals surface area contributed by atoms with Gasteiger partial charge in [0.15, 0.2) is 0 Å². The first-order valence-electron chi connectivity index (χ1n) is 7.72. The molecule has 2 rings (SSSR count). The third-order valence-corrected chi connectivity index (χ3v) is 4.52. The first kappa shape index (κ1) is 17.7. The minimum absolute atomic E-state index is 0.0281. The van der Waals surface area contributed by atoms with E-state index < -0.39 is 0 Å². The Morgan fingerprint density at radius 1 is 1.30 bits per heavy atom. The third-order valence-electron chi connectivity index (χ3n) is 3.57. The van der Waals surface area contributed by atoms with Crippen LogP contribution < -0.4 is 10.1 Å². The van der Waals surface area contributed by atoms with Crippen LogP contribution in [-0.4, -0.2) is 48.0 Å². The van der Waals surface area contributed by atoms with E-state index in [1.165, 1.54) is 17.3 Å². The summed E-state index contributed by atoms with van der Waals surface area (Å²) in [6, 6.07) is 8.01. The lowest BCUT2D eigenvalue weighted by molar-refractivity contribution is -0.132. The minimum atomic E-state index is -0.146. The molecular formula is C17H24N2O3S. The molecule has 0 aliphatic carbocycles. The second-order valence-electron chi connectivity index (χ2n) is 6.54. The molecule has 1 aromatic rings. The quantitative estimate of drug-likeness (QED) is 0.808. The molecule has 1 N–H and O–H groups in total. The average Bonchev–Trinajstić information content (AvgIpc) is 2.88. The zero-order chi connectivity index (χ0) is 16.9. The van der Waals surface area contributed by atoms with Gasteiger partial charge in [-0.2, -0.15) is 0 Å².